The van der Waals surface area contributed by atoms with Crippen molar-refractivity contribution in [3.05, 3.63) is 91.1 Å². The second kappa shape index (κ2) is 12.0. The number of hydrogen-bond donors (Lipinski definition) is 0. The Morgan fingerprint density at radius 3 is 2.36 bits per heavy atom. The van der Waals surface area contributed by atoms with Gasteiger partial charge in [0.1, 0.15) is 18.1 Å². The van der Waals surface area contributed by atoms with Crippen molar-refractivity contribution in [2.75, 3.05) is 34.5 Å². The average Bonchev–Trinajstić information content (AvgIpc) is 3.25. The van der Waals surface area contributed by atoms with Crippen molar-refractivity contribution in [1.29, 1.82) is 0 Å². The first-order chi connectivity index (χ1) is 18.9. The average molecular weight is 551 g/mol. The van der Waals surface area contributed by atoms with Gasteiger partial charge in [0, 0.05) is 11.6 Å². The van der Waals surface area contributed by atoms with Crippen LogP contribution >= 0.6 is 11.3 Å². The van der Waals surface area contributed by atoms with Gasteiger partial charge < -0.3 is 23.7 Å². The number of methoxy groups -OCH3 is 3. The molecule has 0 saturated carbocycles. The highest BCUT2D eigenvalue weighted by Crippen LogP contribution is 2.35. The maximum Gasteiger partial charge on any atom is 0.338 e. The molecule has 0 fully saturated rings. The fourth-order valence-corrected chi connectivity index (χ4v) is 5.35. The summed E-state index contributed by atoms with van der Waals surface area (Å²) in [4.78, 5) is 32.1. The van der Waals surface area contributed by atoms with Crippen LogP contribution in [0, 0.1) is 0 Å². The van der Waals surface area contributed by atoms with E-state index >= 15 is 0 Å². The predicted octanol–water partition coefficient (Wildman–Crippen LogP) is 3.39. The van der Waals surface area contributed by atoms with Gasteiger partial charge in [0.05, 0.1) is 49.8 Å². The first kappa shape index (κ1) is 27.7. The van der Waals surface area contributed by atoms with Gasteiger partial charge in [-0.15, -0.1) is 0 Å². The zero-order chi connectivity index (χ0) is 28.1. The lowest BCUT2D eigenvalue weighted by Crippen LogP contribution is -2.39. The van der Waals surface area contributed by atoms with E-state index in [4.69, 9.17) is 23.7 Å². The number of ether oxygens (including phenoxy) is 5. The van der Waals surface area contributed by atoms with Crippen LogP contribution in [-0.4, -0.2) is 45.1 Å². The van der Waals surface area contributed by atoms with Crippen molar-refractivity contribution in [3.8, 4) is 23.0 Å². The Bertz CT molecular complexity index is 1600. The Hall–Kier alpha value is -4.31. The third kappa shape index (κ3) is 5.46. The zero-order valence-electron chi connectivity index (χ0n) is 22.5. The topological polar surface area (TPSA) is 97.6 Å². The Morgan fingerprint density at radius 1 is 1.08 bits per heavy atom. The first-order valence-corrected chi connectivity index (χ1v) is 13.0. The first-order valence-electron chi connectivity index (χ1n) is 12.2. The fourth-order valence-electron chi connectivity index (χ4n) is 4.32. The maximum atomic E-state index is 13.9. The Labute approximate surface area is 229 Å². The van der Waals surface area contributed by atoms with E-state index in [1.54, 1.807) is 50.3 Å². The molecule has 1 aliphatic heterocycles. The van der Waals surface area contributed by atoms with Crippen LogP contribution in [0.1, 0.15) is 31.0 Å². The number of esters is 1. The molecule has 0 saturated heterocycles. The smallest absolute Gasteiger partial charge is 0.338 e. The molecule has 3 aromatic rings. The van der Waals surface area contributed by atoms with Gasteiger partial charge in [0.15, 0.2) is 16.3 Å². The SMILES string of the molecule is C=CCOc1ccc([C@H]2C(C(=O)OCC)=C(C)N=c3sc(=Cc4cc(OC)c(OC)cc4OC)c(=O)n32)cc1. The molecule has 0 N–H and O–H groups in total. The predicted molar refractivity (Wildman–Crippen MR) is 149 cm³/mol. The number of carbonyl (C=O) groups excluding carboxylic acids is 1. The zero-order valence-corrected chi connectivity index (χ0v) is 23.3. The standard InChI is InChI=1S/C29H30N2O7S/c1-7-13-38-20-11-9-18(10-12-20)26-25(28(33)37-8-2)17(3)30-29-31(26)27(32)24(39-29)15-19-14-22(35-5)23(36-6)16-21(19)34-4/h7,9-12,14-16,26H,1,8,13H2,2-6H3/t26-/m0/s1. The van der Waals surface area contributed by atoms with Crippen LogP contribution < -0.4 is 33.8 Å². The molecule has 0 amide bonds. The lowest BCUT2D eigenvalue weighted by molar-refractivity contribution is -0.139. The summed E-state index contributed by atoms with van der Waals surface area (Å²) >= 11 is 1.22. The van der Waals surface area contributed by atoms with Gasteiger partial charge in [-0.3, -0.25) is 9.36 Å². The summed E-state index contributed by atoms with van der Waals surface area (Å²) < 4.78 is 29.3. The quantitative estimate of drug-likeness (QED) is 0.282. The summed E-state index contributed by atoms with van der Waals surface area (Å²) in [6.45, 7) is 7.70. The molecule has 2 heterocycles. The highest BCUT2D eigenvalue weighted by Gasteiger charge is 2.33. The fraction of sp³-hybridized carbons (Fsp3) is 0.276. The van der Waals surface area contributed by atoms with Gasteiger partial charge in [-0.1, -0.05) is 36.1 Å². The number of thiazole rings is 1. The molecule has 0 aliphatic carbocycles. The van der Waals surface area contributed by atoms with Crippen molar-refractivity contribution in [2.45, 2.75) is 19.9 Å². The lowest BCUT2D eigenvalue weighted by Gasteiger charge is -2.24. The number of allylic oxidation sites excluding steroid dienone is 1. The van der Waals surface area contributed by atoms with Gasteiger partial charge in [-0.05, 0) is 43.7 Å². The van der Waals surface area contributed by atoms with Gasteiger partial charge >= 0.3 is 5.97 Å². The van der Waals surface area contributed by atoms with E-state index in [0.29, 0.717) is 55.8 Å². The summed E-state index contributed by atoms with van der Waals surface area (Å²) in [6, 6.07) is 9.95. The summed E-state index contributed by atoms with van der Waals surface area (Å²) in [5.41, 5.74) is 1.83. The Balaban J connectivity index is 1.92. The molecule has 1 aliphatic rings. The molecule has 39 heavy (non-hydrogen) atoms. The molecular weight excluding hydrogens is 520 g/mol. The monoisotopic (exact) mass is 550 g/mol. The van der Waals surface area contributed by atoms with Crippen LogP contribution in [0.2, 0.25) is 0 Å². The van der Waals surface area contributed by atoms with Gasteiger partial charge in [0.25, 0.3) is 5.56 Å². The highest BCUT2D eigenvalue weighted by atomic mass is 32.1. The minimum Gasteiger partial charge on any atom is -0.496 e. The lowest BCUT2D eigenvalue weighted by atomic mass is 9.96. The molecule has 204 valence electrons. The van der Waals surface area contributed by atoms with Gasteiger partial charge in [-0.25, -0.2) is 9.79 Å². The maximum absolute atomic E-state index is 13.9. The van der Waals surface area contributed by atoms with E-state index in [2.05, 4.69) is 11.6 Å². The molecule has 1 atom stereocenters. The van der Waals surface area contributed by atoms with E-state index in [0.717, 1.165) is 5.56 Å². The van der Waals surface area contributed by atoms with Crippen molar-refractivity contribution in [2.24, 2.45) is 4.99 Å². The minimum absolute atomic E-state index is 0.195. The van der Waals surface area contributed by atoms with Crippen molar-refractivity contribution in [3.63, 3.8) is 0 Å². The van der Waals surface area contributed by atoms with Crippen molar-refractivity contribution >= 4 is 23.4 Å². The number of nitrogens with zero attached hydrogens (tertiary/aromatic N) is 2. The molecule has 0 spiro atoms. The van der Waals surface area contributed by atoms with Crippen LogP contribution in [0.5, 0.6) is 23.0 Å². The summed E-state index contributed by atoms with van der Waals surface area (Å²) in [5, 5.41) is 0. The number of fused-ring (bicyclic) bond motifs is 1. The van der Waals surface area contributed by atoms with Crippen LogP contribution in [0.15, 0.2) is 70.1 Å². The third-order valence-electron chi connectivity index (χ3n) is 6.10. The number of hydrogen-bond acceptors (Lipinski definition) is 9. The van der Waals surface area contributed by atoms with E-state index in [1.165, 1.54) is 37.2 Å². The van der Waals surface area contributed by atoms with Crippen LogP contribution in [0.3, 0.4) is 0 Å². The molecule has 4 rings (SSSR count). The number of rotatable bonds is 10. The van der Waals surface area contributed by atoms with Crippen LogP contribution in [0.4, 0.5) is 0 Å². The molecule has 9 nitrogen and oxygen atoms in total. The van der Waals surface area contributed by atoms with Crippen molar-refractivity contribution < 1.29 is 28.5 Å². The molecule has 10 heteroatoms. The van der Waals surface area contributed by atoms with E-state index in [9.17, 15) is 9.59 Å². The van der Waals surface area contributed by atoms with E-state index in [1.807, 2.05) is 12.1 Å². The largest absolute Gasteiger partial charge is 0.496 e. The van der Waals surface area contributed by atoms with Crippen LogP contribution in [0.25, 0.3) is 6.08 Å². The third-order valence-corrected chi connectivity index (χ3v) is 7.09. The summed E-state index contributed by atoms with van der Waals surface area (Å²) in [5.74, 6) is 1.63. The number of benzene rings is 2. The highest BCUT2D eigenvalue weighted by molar-refractivity contribution is 7.07. The van der Waals surface area contributed by atoms with Gasteiger partial charge in [0.2, 0.25) is 0 Å². The number of carbonyl (C=O) groups is 1. The van der Waals surface area contributed by atoms with E-state index in [-0.39, 0.29) is 12.2 Å². The summed E-state index contributed by atoms with van der Waals surface area (Å²) in [6.07, 6.45) is 3.38. The summed E-state index contributed by atoms with van der Waals surface area (Å²) in [7, 11) is 4.61. The molecule has 1 aromatic heterocycles. The second-order valence-corrected chi connectivity index (χ2v) is 9.43. The Kier molecular flexibility index (Phi) is 8.55. The molecule has 2 aromatic carbocycles. The van der Waals surface area contributed by atoms with Gasteiger partial charge in [-0.2, -0.15) is 0 Å². The van der Waals surface area contributed by atoms with E-state index < -0.39 is 12.0 Å². The normalized spacial score (nSPS) is 14.8. The van der Waals surface area contributed by atoms with Crippen LogP contribution in [-0.2, 0) is 9.53 Å². The number of aromatic nitrogens is 1. The Morgan fingerprint density at radius 2 is 1.74 bits per heavy atom. The molecule has 0 radical (unpaired) electrons. The molecular formula is C29H30N2O7S. The minimum atomic E-state index is -0.733. The second-order valence-electron chi connectivity index (χ2n) is 8.42. The molecule has 0 bridgehead atoms. The van der Waals surface area contributed by atoms with Crippen molar-refractivity contribution in [1.82, 2.24) is 4.57 Å². The molecule has 0 unspecified atom stereocenters.